The van der Waals surface area contributed by atoms with Crippen LogP contribution in [0.25, 0.3) is 0 Å². The molecule has 0 atom stereocenters. The maximum Gasteiger partial charge on any atom is 0.134 e. The first-order valence-corrected chi connectivity index (χ1v) is 3.93. The summed E-state index contributed by atoms with van der Waals surface area (Å²) in [5, 5.41) is 3.91. The lowest BCUT2D eigenvalue weighted by Gasteiger charge is -2.35. The second kappa shape index (κ2) is 2.08. The molecule has 0 aliphatic heterocycles. The third-order valence-electron chi connectivity index (χ3n) is 2.38. The lowest BCUT2D eigenvalue weighted by molar-refractivity contribution is 0.233. The standard InChI is InChI=1S/C8H12N2O/c1-6-5-7(10-11-6)8(9)3-2-4-8/h5H,2-4,9H2,1H3. The van der Waals surface area contributed by atoms with Crippen LogP contribution in [0, 0.1) is 6.92 Å². The van der Waals surface area contributed by atoms with Crippen LogP contribution in [0.4, 0.5) is 0 Å². The Morgan fingerprint density at radius 2 is 2.36 bits per heavy atom. The van der Waals surface area contributed by atoms with Crippen molar-refractivity contribution >= 4 is 0 Å². The van der Waals surface area contributed by atoms with Crippen molar-refractivity contribution in [2.24, 2.45) is 5.73 Å². The van der Waals surface area contributed by atoms with E-state index in [0.29, 0.717) is 0 Å². The second-order valence-electron chi connectivity index (χ2n) is 3.33. The van der Waals surface area contributed by atoms with Crippen molar-refractivity contribution in [1.29, 1.82) is 0 Å². The highest BCUT2D eigenvalue weighted by Gasteiger charge is 2.36. The number of rotatable bonds is 1. The first-order valence-electron chi connectivity index (χ1n) is 3.93. The Hall–Kier alpha value is -0.830. The summed E-state index contributed by atoms with van der Waals surface area (Å²) >= 11 is 0. The highest BCUT2D eigenvalue weighted by atomic mass is 16.5. The fourth-order valence-electron chi connectivity index (χ4n) is 1.41. The molecule has 2 N–H and O–H groups in total. The van der Waals surface area contributed by atoms with Gasteiger partial charge >= 0.3 is 0 Å². The van der Waals surface area contributed by atoms with Gasteiger partial charge in [0.2, 0.25) is 0 Å². The number of hydrogen-bond donors (Lipinski definition) is 1. The van der Waals surface area contributed by atoms with Gasteiger partial charge in [-0.05, 0) is 26.2 Å². The zero-order valence-corrected chi connectivity index (χ0v) is 6.63. The zero-order chi connectivity index (χ0) is 7.90. The quantitative estimate of drug-likeness (QED) is 0.660. The number of hydrogen-bond acceptors (Lipinski definition) is 3. The van der Waals surface area contributed by atoms with Gasteiger partial charge in [-0.25, -0.2) is 0 Å². The molecule has 3 nitrogen and oxygen atoms in total. The van der Waals surface area contributed by atoms with Gasteiger partial charge in [-0.3, -0.25) is 0 Å². The van der Waals surface area contributed by atoms with Crippen molar-refractivity contribution in [1.82, 2.24) is 5.16 Å². The van der Waals surface area contributed by atoms with Gasteiger partial charge < -0.3 is 10.3 Å². The number of aromatic nitrogens is 1. The predicted octanol–water partition coefficient (Wildman–Crippen LogP) is 1.32. The summed E-state index contributed by atoms with van der Waals surface area (Å²) in [6.07, 6.45) is 3.29. The Kier molecular flexibility index (Phi) is 1.29. The van der Waals surface area contributed by atoms with Crippen molar-refractivity contribution in [3.05, 3.63) is 17.5 Å². The largest absolute Gasteiger partial charge is 0.361 e. The van der Waals surface area contributed by atoms with Gasteiger partial charge in [0.1, 0.15) is 11.5 Å². The lowest BCUT2D eigenvalue weighted by Crippen LogP contribution is -2.43. The average Bonchev–Trinajstić information content (AvgIpc) is 2.31. The Morgan fingerprint density at radius 3 is 2.73 bits per heavy atom. The molecule has 1 aromatic heterocycles. The molecule has 1 aromatic rings. The Morgan fingerprint density at radius 1 is 1.64 bits per heavy atom. The molecule has 1 heterocycles. The van der Waals surface area contributed by atoms with Gasteiger partial charge in [0.25, 0.3) is 0 Å². The van der Waals surface area contributed by atoms with Gasteiger partial charge in [-0.2, -0.15) is 0 Å². The van der Waals surface area contributed by atoms with E-state index in [4.69, 9.17) is 10.3 Å². The van der Waals surface area contributed by atoms with Crippen LogP contribution in [0.3, 0.4) is 0 Å². The third kappa shape index (κ3) is 0.959. The van der Waals surface area contributed by atoms with Gasteiger partial charge in [0.05, 0.1) is 5.54 Å². The van der Waals surface area contributed by atoms with E-state index in [1.165, 1.54) is 6.42 Å². The number of nitrogens with two attached hydrogens (primary N) is 1. The first kappa shape index (κ1) is 6.85. The maximum absolute atomic E-state index is 6.01. The molecule has 1 aliphatic carbocycles. The van der Waals surface area contributed by atoms with Crippen LogP contribution in [0.15, 0.2) is 10.6 Å². The van der Waals surface area contributed by atoms with E-state index in [1.807, 2.05) is 13.0 Å². The molecule has 0 amide bonds. The fraction of sp³-hybridized carbons (Fsp3) is 0.625. The molecule has 0 bridgehead atoms. The van der Waals surface area contributed by atoms with Crippen LogP contribution < -0.4 is 5.73 Å². The van der Waals surface area contributed by atoms with Crippen LogP contribution >= 0.6 is 0 Å². The topological polar surface area (TPSA) is 52.0 Å². The molecule has 0 saturated heterocycles. The maximum atomic E-state index is 6.01. The predicted molar refractivity (Wildman–Crippen MR) is 41.0 cm³/mol. The Bertz CT molecular complexity index is 263. The highest BCUT2D eigenvalue weighted by molar-refractivity contribution is 5.17. The van der Waals surface area contributed by atoms with Crippen LogP contribution in [0.5, 0.6) is 0 Å². The third-order valence-corrected chi connectivity index (χ3v) is 2.38. The molecule has 1 fully saturated rings. The van der Waals surface area contributed by atoms with Crippen LogP contribution in [-0.4, -0.2) is 5.16 Å². The van der Waals surface area contributed by atoms with Gasteiger partial charge in [0, 0.05) is 6.07 Å². The molecule has 0 unspecified atom stereocenters. The summed E-state index contributed by atoms with van der Waals surface area (Å²) in [6, 6.07) is 1.93. The minimum Gasteiger partial charge on any atom is -0.361 e. The number of nitrogens with zero attached hydrogens (tertiary/aromatic N) is 1. The van der Waals surface area contributed by atoms with Crippen LogP contribution in [0.2, 0.25) is 0 Å². The first-order chi connectivity index (χ1) is 5.21. The minimum atomic E-state index is -0.169. The van der Waals surface area contributed by atoms with Crippen LogP contribution in [-0.2, 0) is 5.54 Å². The molecular formula is C8H12N2O. The molecule has 0 radical (unpaired) electrons. The summed E-state index contributed by atoms with van der Waals surface area (Å²) in [6.45, 7) is 1.89. The van der Waals surface area contributed by atoms with E-state index >= 15 is 0 Å². The van der Waals surface area contributed by atoms with Crippen molar-refractivity contribution in [2.45, 2.75) is 31.7 Å². The van der Waals surface area contributed by atoms with E-state index in [-0.39, 0.29) is 5.54 Å². The number of aryl methyl sites for hydroxylation is 1. The summed E-state index contributed by atoms with van der Waals surface area (Å²) in [5.74, 6) is 0.844. The molecule has 0 spiro atoms. The smallest absolute Gasteiger partial charge is 0.134 e. The van der Waals surface area contributed by atoms with Crippen LogP contribution in [0.1, 0.15) is 30.7 Å². The van der Waals surface area contributed by atoms with Gasteiger partial charge in [-0.15, -0.1) is 0 Å². The van der Waals surface area contributed by atoms with E-state index in [0.717, 1.165) is 24.3 Å². The van der Waals surface area contributed by atoms with Gasteiger partial charge in [-0.1, -0.05) is 5.16 Å². The van der Waals surface area contributed by atoms with Crippen molar-refractivity contribution in [3.63, 3.8) is 0 Å². The normalized spacial score (nSPS) is 21.3. The van der Waals surface area contributed by atoms with E-state index in [9.17, 15) is 0 Å². The van der Waals surface area contributed by atoms with E-state index in [2.05, 4.69) is 5.16 Å². The summed E-state index contributed by atoms with van der Waals surface area (Å²) in [5.41, 5.74) is 6.76. The molecule has 3 heteroatoms. The van der Waals surface area contributed by atoms with Crippen molar-refractivity contribution in [3.8, 4) is 0 Å². The second-order valence-corrected chi connectivity index (χ2v) is 3.33. The highest BCUT2D eigenvalue weighted by Crippen LogP contribution is 2.37. The Balaban J connectivity index is 2.28. The van der Waals surface area contributed by atoms with E-state index < -0.39 is 0 Å². The lowest BCUT2D eigenvalue weighted by atomic mass is 9.75. The van der Waals surface area contributed by atoms with Crippen molar-refractivity contribution < 1.29 is 4.52 Å². The zero-order valence-electron chi connectivity index (χ0n) is 6.63. The molecule has 1 saturated carbocycles. The molecule has 11 heavy (non-hydrogen) atoms. The molecule has 1 aliphatic rings. The Labute approximate surface area is 65.6 Å². The molecular weight excluding hydrogens is 140 g/mol. The monoisotopic (exact) mass is 152 g/mol. The van der Waals surface area contributed by atoms with E-state index in [1.54, 1.807) is 0 Å². The van der Waals surface area contributed by atoms with Crippen molar-refractivity contribution in [2.75, 3.05) is 0 Å². The summed E-state index contributed by atoms with van der Waals surface area (Å²) < 4.78 is 4.96. The average molecular weight is 152 g/mol. The summed E-state index contributed by atoms with van der Waals surface area (Å²) in [4.78, 5) is 0. The molecule has 60 valence electrons. The SMILES string of the molecule is Cc1cc(C2(N)CCC2)no1. The minimum absolute atomic E-state index is 0.169. The summed E-state index contributed by atoms with van der Waals surface area (Å²) in [7, 11) is 0. The molecule has 2 rings (SSSR count). The van der Waals surface area contributed by atoms with Gasteiger partial charge in [0.15, 0.2) is 0 Å². The fourth-order valence-corrected chi connectivity index (χ4v) is 1.41. The molecule has 0 aromatic carbocycles.